The molecule has 5 nitrogen and oxygen atoms in total. The lowest BCUT2D eigenvalue weighted by Gasteiger charge is -2.13. The van der Waals surface area contributed by atoms with Crippen LogP contribution in [0.1, 0.15) is 0 Å². The Morgan fingerprint density at radius 2 is 0.880 bits per heavy atom. The van der Waals surface area contributed by atoms with E-state index in [4.69, 9.17) is 19.4 Å². The van der Waals surface area contributed by atoms with Gasteiger partial charge in [0, 0.05) is 49.5 Å². The van der Waals surface area contributed by atoms with Gasteiger partial charge in [-0.2, -0.15) is 0 Å². The third kappa shape index (κ3) is 4.52. The van der Waals surface area contributed by atoms with Gasteiger partial charge in [-0.15, -0.1) is 0 Å². The molecule has 5 heteroatoms. The Balaban J connectivity index is 1.14. The van der Waals surface area contributed by atoms with E-state index in [9.17, 15) is 0 Å². The Labute approximate surface area is 287 Å². The highest BCUT2D eigenvalue weighted by molar-refractivity contribution is 6.11. The van der Waals surface area contributed by atoms with Gasteiger partial charge in [-0.05, 0) is 48.0 Å². The van der Waals surface area contributed by atoms with Crippen LogP contribution in [0.25, 0.3) is 94.7 Å². The number of hydrogen-bond acceptors (Lipinski definition) is 4. The van der Waals surface area contributed by atoms with E-state index in [0.29, 0.717) is 17.5 Å². The van der Waals surface area contributed by atoms with Gasteiger partial charge in [0.2, 0.25) is 0 Å². The van der Waals surface area contributed by atoms with Gasteiger partial charge < -0.3 is 8.98 Å². The van der Waals surface area contributed by atoms with Crippen LogP contribution in [0.3, 0.4) is 0 Å². The molecule has 0 N–H and O–H groups in total. The third-order valence-corrected chi connectivity index (χ3v) is 9.49. The first kappa shape index (κ1) is 28.2. The van der Waals surface area contributed by atoms with Crippen LogP contribution >= 0.6 is 0 Å². The zero-order valence-corrected chi connectivity index (χ0v) is 26.9. The van der Waals surface area contributed by atoms with E-state index in [1.807, 2.05) is 60.7 Å². The minimum Gasteiger partial charge on any atom is -0.455 e. The standard InChI is InChI=1S/C45H28N4O/c1-2-13-29(14-3-1)43-46-44(30-25-27-31(28-26-30)49-39-22-9-6-16-33(39)34-17-7-10-23-40(34)49)48-45(47-43)38-19-5-4-15-32(38)36-20-12-21-37-35-18-8-11-24-41(35)50-42(36)37/h1-28H. The van der Waals surface area contributed by atoms with E-state index >= 15 is 0 Å². The van der Waals surface area contributed by atoms with Gasteiger partial charge in [0.05, 0.1) is 11.0 Å². The zero-order chi connectivity index (χ0) is 33.0. The smallest absolute Gasteiger partial charge is 0.164 e. The van der Waals surface area contributed by atoms with Crippen molar-refractivity contribution in [3.8, 4) is 51.0 Å². The largest absolute Gasteiger partial charge is 0.455 e. The average Bonchev–Trinajstić information content (AvgIpc) is 3.74. The van der Waals surface area contributed by atoms with Crippen LogP contribution < -0.4 is 0 Å². The molecule has 0 saturated carbocycles. The molecule has 7 aromatic carbocycles. The molecular formula is C45H28N4O. The lowest BCUT2D eigenvalue weighted by Crippen LogP contribution is -2.01. The van der Waals surface area contributed by atoms with Crippen LogP contribution in [0, 0.1) is 0 Å². The first-order chi connectivity index (χ1) is 24.8. The van der Waals surface area contributed by atoms with Crippen LogP contribution in [0.4, 0.5) is 0 Å². The average molecular weight is 641 g/mol. The van der Waals surface area contributed by atoms with Crippen molar-refractivity contribution in [3.63, 3.8) is 0 Å². The van der Waals surface area contributed by atoms with Crippen molar-refractivity contribution < 1.29 is 4.42 Å². The van der Waals surface area contributed by atoms with Crippen molar-refractivity contribution in [2.75, 3.05) is 0 Å². The van der Waals surface area contributed by atoms with Crippen molar-refractivity contribution in [1.82, 2.24) is 19.5 Å². The summed E-state index contributed by atoms with van der Waals surface area (Å²) in [6.07, 6.45) is 0. The van der Waals surface area contributed by atoms with Crippen LogP contribution in [-0.4, -0.2) is 19.5 Å². The molecule has 234 valence electrons. The molecule has 10 aromatic rings. The molecule has 0 saturated heterocycles. The molecule has 0 unspecified atom stereocenters. The highest BCUT2D eigenvalue weighted by Crippen LogP contribution is 2.40. The first-order valence-corrected chi connectivity index (χ1v) is 16.7. The summed E-state index contributed by atoms with van der Waals surface area (Å²) >= 11 is 0. The lowest BCUT2D eigenvalue weighted by molar-refractivity contribution is 0.670. The second-order valence-corrected chi connectivity index (χ2v) is 12.4. The van der Waals surface area contributed by atoms with Gasteiger partial charge in [-0.1, -0.05) is 127 Å². The molecule has 0 radical (unpaired) electrons. The monoisotopic (exact) mass is 640 g/mol. The van der Waals surface area contributed by atoms with E-state index in [0.717, 1.165) is 55.4 Å². The Hall–Kier alpha value is -6.85. The molecule has 0 fully saturated rings. The Kier molecular flexibility index (Phi) is 6.42. The van der Waals surface area contributed by atoms with E-state index in [1.165, 1.54) is 21.8 Å². The van der Waals surface area contributed by atoms with E-state index in [2.05, 4.69) is 114 Å². The van der Waals surface area contributed by atoms with E-state index in [-0.39, 0.29) is 0 Å². The van der Waals surface area contributed by atoms with Crippen molar-refractivity contribution in [2.24, 2.45) is 0 Å². The number of benzene rings is 7. The number of rotatable bonds is 5. The van der Waals surface area contributed by atoms with Crippen LogP contribution in [-0.2, 0) is 0 Å². The predicted molar refractivity (Wildman–Crippen MR) is 203 cm³/mol. The second-order valence-electron chi connectivity index (χ2n) is 12.4. The van der Waals surface area contributed by atoms with Crippen molar-refractivity contribution in [3.05, 3.63) is 170 Å². The summed E-state index contributed by atoms with van der Waals surface area (Å²) in [7, 11) is 0. The SMILES string of the molecule is c1ccc(-c2nc(-c3ccc(-n4c5ccccc5c5ccccc54)cc3)nc(-c3ccccc3-c3cccc4c3oc3ccccc34)n2)cc1. The fourth-order valence-electron chi connectivity index (χ4n) is 7.17. The molecule has 0 amide bonds. The molecule has 0 bridgehead atoms. The maximum atomic E-state index is 6.46. The highest BCUT2D eigenvalue weighted by atomic mass is 16.3. The number of fused-ring (bicyclic) bond motifs is 6. The summed E-state index contributed by atoms with van der Waals surface area (Å²) in [6.45, 7) is 0. The van der Waals surface area contributed by atoms with E-state index in [1.54, 1.807) is 0 Å². The molecule has 0 aliphatic rings. The highest BCUT2D eigenvalue weighted by Gasteiger charge is 2.19. The molecule has 3 heterocycles. The Morgan fingerprint density at radius 1 is 0.360 bits per heavy atom. The van der Waals surface area contributed by atoms with Crippen LogP contribution in [0.15, 0.2) is 174 Å². The molecule has 0 aliphatic carbocycles. The van der Waals surface area contributed by atoms with Gasteiger partial charge >= 0.3 is 0 Å². The normalized spacial score (nSPS) is 11.6. The Morgan fingerprint density at radius 3 is 1.60 bits per heavy atom. The molecule has 0 aliphatic heterocycles. The fraction of sp³-hybridized carbons (Fsp3) is 0. The molecular weight excluding hydrogens is 613 g/mol. The van der Waals surface area contributed by atoms with Crippen LogP contribution in [0.5, 0.6) is 0 Å². The van der Waals surface area contributed by atoms with Gasteiger partial charge in [0.25, 0.3) is 0 Å². The second kappa shape index (κ2) is 11.4. The maximum absolute atomic E-state index is 6.46. The Bertz CT molecular complexity index is 2810. The molecule has 0 spiro atoms. The van der Waals surface area contributed by atoms with Crippen molar-refractivity contribution in [2.45, 2.75) is 0 Å². The molecule has 0 atom stereocenters. The summed E-state index contributed by atoms with van der Waals surface area (Å²) in [5.41, 5.74) is 9.87. The quantitative estimate of drug-likeness (QED) is 0.188. The van der Waals surface area contributed by atoms with Crippen molar-refractivity contribution in [1.29, 1.82) is 0 Å². The zero-order valence-electron chi connectivity index (χ0n) is 26.9. The summed E-state index contributed by atoms with van der Waals surface area (Å²) in [6, 6.07) is 58.5. The minimum atomic E-state index is 0.601. The lowest BCUT2D eigenvalue weighted by atomic mass is 9.97. The number of furan rings is 1. The maximum Gasteiger partial charge on any atom is 0.164 e. The molecule has 50 heavy (non-hydrogen) atoms. The first-order valence-electron chi connectivity index (χ1n) is 16.7. The number of para-hydroxylation sites is 4. The summed E-state index contributed by atoms with van der Waals surface area (Å²) in [5.74, 6) is 1.83. The summed E-state index contributed by atoms with van der Waals surface area (Å²) in [4.78, 5) is 15.2. The van der Waals surface area contributed by atoms with E-state index < -0.39 is 0 Å². The minimum absolute atomic E-state index is 0.601. The number of aromatic nitrogens is 4. The van der Waals surface area contributed by atoms with Gasteiger partial charge in [0.15, 0.2) is 17.5 Å². The third-order valence-electron chi connectivity index (χ3n) is 9.49. The fourth-order valence-corrected chi connectivity index (χ4v) is 7.17. The number of hydrogen-bond donors (Lipinski definition) is 0. The summed E-state index contributed by atoms with van der Waals surface area (Å²) < 4.78 is 8.77. The van der Waals surface area contributed by atoms with Gasteiger partial charge in [0.1, 0.15) is 11.2 Å². The topological polar surface area (TPSA) is 56.7 Å². The molecule has 3 aromatic heterocycles. The molecule has 10 rings (SSSR count). The summed E-state index contributed by atoms with van der Waals surface area (Å²) in [5, 5.41) is 4.65. The predicted octanol–water partition coefficient (Wildman–Crippen LogP) is 11.5. The van der Waals surface area contributed by atoms with Gasteiger partial charge in [-0.3, -0.25) is 0 Å². The van der Waals surface area contributed by atoms with Crippen molar-refractivity contribution >= 4 is 43.7 Å². The van der Waals surface area contributed by atoms with Crippen LogP contribution in [0.2, 0.25) is 0 Å². The number of nitrogens with zero attached hydrogens (tertiary/aromatic N) is 4. The van der Waals surface area contributed by atoms with Gasteiger partial charge in [-0.25, -0.2) is 15.0 Å².